The molecule has 35 heavy (non-hydrogen) atoms. The monoisotopic (exact) mass is 466 g/mol. The van der Waals surface area contributed by atoms with Crippen LogP contribution in [-0.4, -0.2) is 4.57 Å². The number of hydrogen-bond donors (Lipinski definition) is 0. The molecule has 0 radical (unpaired) electrons. The number of rotatable bonds is 2. The van der Waals surface area contributed by atoms with Crippen LogP contribution in [0.2, 0.25) is 0 Å². The smallest absolute Gasteiger partial charge is 0.0992 e. The molecular formula is C32H22N2S. The van der Waals surface area contributed by atoms with E-state index in [1.807, 2.05) is 12.1 Å². The van der Waals surface area contributed by atoms with Crippen molar-refractivity contribution in [3.05, 3.63) is 108 Å². The van der Waals surface area contributed by atoms with Gasteiger partial charge in [-0.25, -0.2) is 0 Å². The van der Waals surface area contributed by atoms with Gasteiger partial charge >= 0.3 is 0 Å². The van der Waals surface area contributed by atoms with Crippen molar-refractivity contribution in [1.29, 1.82) is 5.26 Å². The highest BCUT2D eigenvalue weighted by atomic mass is 32.1. The normalized spacial score (nSPS) is 16.1. The van der Waals surface area contributed by atoms with Crippen LogP contribution in [0.25, 0.3) is 53.2 Å². The van der Waals surface area contributed by atoms with Crippen molar-refractivity contribution in [2.75, 3.05) is 0 Å². The van der Waals surface area contributed by atoms with Gasteiger partial charge in [-0.15, -0.1) is 11.3 Å². The Kier molecular flexibility index (Phi) is 4.46. The highest BCUT2D eigenvalue weighted by Gasteiger charge is 2.21. The Hall–Kier alpha value is -4.13. The Morgan fingerprint density at radius 3 is 2.17 bits per heavy atom. The highest BCUT2D eigenvalue weighted by molar-refractivity contribution is 7.25. The molecule has 7 rings (SSSR count). The number of nitrogens with zero attached hydrogens (tertiary/aromatic N) is 2. The fourth-order valence-corrected chi connectivity index (χ4v) is 6.68. The fraction of sp³-hybridized carbons (Fsp3) is 0.0938. The quantitative estimate of drug-likeness (QED) is 0.250. The predicted octanol–water partition coefficient (Wildman–Crippen LogP) is 9.00. The molecule has 0 amide bonds. The van der Waals surface area contributed by atoms with Gasteiger partial charge in [-0.05, 0) is 48.2 Å². The van der Waals surface area contributed by atoms with Crippen molar-refractivity contribution >= 4 is 64.6 Å². The van der Waals surface area contributed by atoms with Crippen LogP contribution in [0.15, 0.2) is 97.1 Å². The van der Waals surface area contributed by atoms with Gasteiger partial charge in [-0.3, -0.25) is 0 Å². The van der Waals surface area contributed by atoms with Gasteiger partial charge < -0.3 is 4.57 Å². The van der Waals surface area contributed by atoms with Gasteiger partial charge in [-0.2, -0.15) is 5.26 Å². The molecule has 2 nitrogen and oxygen atoms in total. The number of hydrogen-bond acceptors (Lipinski definition) is 2. The topological polar surface area (TPSA) is 28.7 Å². The van der Waals surface area contributed by atoms with E-state index in [0.29, 0.717) is 11.5 Å². The first-order chi connectivity index (χ1) is 17.2. The van der Waals surface area contributed by atoms with Crippen LogP contribution in [0.4, 0.5) is 0 Å². The molecule has 0 N–H and O–H groups in total. The van der Waals surface area contributed by atoms with Crippen molar-refractivity contribution < 1.29 is 0 Å². The van der Waals surface area contributed by atoms with Crippen LogP contribution in [0, 0.1) is 17.2 Å². The summed E-state index contributed by atoms with van der Waals surface area (Å²) in [4.78, 5) is 0. The van der Waals surface area contributed by atoms with Gasteiger partial charge in [0.15, 0.2) is 0 Å². The van der Waals surface area contributed by atoms with E-state index in [1.54, 1.807) is 11.3 Å². The minimum absolute atomic E-state index is 0.484. The largest absolute Gasteiger partial charge is 0.309 e. The highest BCUT2D eigenvalue weighted by Crippen LogP contribution is 2.42. The van der Waals surface area contributed by atoms with Crippen molar-refractivity contribution in [1.82, 2.24) is 4.57 Å². The Morgan fingerprint density at radius 1 is 0.800 bits per heavy atom. The summed E-state index contributed by atoms with van der Waals surface area (Å²) in [6.07, 6.45) is 5.87. The summed E-state index contributed by atoms with van der Waals surface area (Å²) in [6, 6.07) is 32.5. The lowest BCUT2D eigenvalue weighted by atomic mass is 9.90. The van der Waals surface area contributed by atoms with Gasteiger partial charge in [0, 0.05) is 42.2 Å². The minimum atomic E-state index is 0.484. The van der Waals surface area contributed by atoms with E-state index in [-0.39, 0.29) is 0 Å². The standard InChI is InChI=1S/C32H22N2S/c1-20-10-15-30(34-28-8-4-2-6-23(28)24-7-3-5-9-29(24)34)27(16-20)22-12-14-26-25-13-11-21(19-33)17-31(25)35-32(26)18-22/h2-9,11-18,20H,10H2,1H3. The molecule has 1 aliphatic rings. The molecule has 0 bridgehead atoms. The van der Waals surface area contributed by atoms with E-state index in [1.165, 1.54) is 58.8 Å². The average molecular weight is 467 g/mol. The first-order valence-electron chi connectivity index (χ1n) is 12.0. The maximum absolute atomic E-state index is 9.32. The lowest BCUT2D eigenvalue weighted by Crippen LogP contribution is -2.06. The Morgan fingerprint density at radius 2 is 1.46 bits per heavy atom. The lowest BCUT2D eigenvalue weighted by molar-refractivity contribution is 0.738. The Balaban J connectivity index is 1.45. The first-order valence-corrected chi connectivity index (χ1v) is 12.8. The van der Waals surface area contributed by atoms with Crippen molar-refractivity contribution in [2.24, 2.45) is 5.92 Å². The third kappa shape index (κ3) is 3.07. The summed E-state index contributed by atoms with van der Waals surface area (Å²) in [5, 5.41) is 14.4. The zero-order valence-corrected chi connectivity index (χ0v) is 20.1. The molecule has 3 heteroatoms. The van der Waals surface area contributed by atoms with E-state index in [4.69, 9.17) is 0 Å². The molecule has 6 aromatic rings. The van der Waals surface area contributed by atoms with Gasteiger partial charge in [0.25, 0.3) is 0 Å². The van der Waals surface area contributed by atoms with E-state index in [2.05, 4.69) is 103 Å². The van der Waals surface area contributed by atoms with Crippen LogP contribution >= 0.6 is 11.3 Å². The minimum Gasteiger partial charge on any atom is -0.309 e. The number of aromatic nitrogens is 1. The number of fused-ring (bicyclic) bond motifs is 6. The molecule has 166 valence electrons. The van der Waals surface area contributed by atoms with E-state index in [0.717, 1.165) is 6.42 Å². The summed E-state index contributed by atoms with van der Waals surface area (Å²) in [6.45, 7) is 2.29. The average Bonchev–Trinajstić information content (AvgIpc) is 3.43. The molecule has 0 fully saturated rings. The number of allylic oxidation sites excluding steroid dienone is 4. The van der Waals surface area contributed by atoms with E-state index < -0.39 is 0 Å². The second kappa shape index (κ2) is 7.70. The predicted molar refractivity (Wildman–Crippen MR) is 150 cm³/mol. The zero-order chi connectivity index (χ0) is 23.5. The SMILES string of the molecule is CC1C=C(c2ccc3c(c2)sc2cc(C#N)ccc23)C(n2c3ccccc3c3ccccc32)=CC1. The van der Waals surface area contributed by atoms with E-state index in [9.17, 15) is 5.26 Å². The molecular weight excluding hydrogens is 444 g/mol. The van der Waals surface area contributed by atoms with Crippen LogP contribution in [0.5, 0.6) is 0 Å². The van der Waals surface area contributed by atoms with Crippen LogP contribution in [0.1, 0.15) is 24.5 Å². The van der Waals surface area contributed by atoms with Crippen LogP contribution in [-0.2, 0) is 0 Å². The van der Waals surface area contributed by atoms with Gasteiger partial charge in [-0.1, -0.05) is 73.7 Å². The summed E-state index contributed by atoms with van der Waals surface area (Å²) in [5.74, 6) is 0.484. The Labute approximate surface area is 207 Å². The molecule has 2 heterocycles. The summed E-state index contributed by atoms with van der Waals surface area (Å²) >= 11 is 1.77. The second-order valence-electron chi connectivity index (χ2n) is 9.39. The second-order valence-corrected chi connectivity index (χ2v) is 10.5. The van der Waals surface area contributed by atoms with Gasteiger partial charge in [0.05, 0.1) is 22.7 Å². The van der Waals surface area contributed by atoms with Gasteiger partial charge in [0.2, 0.25) is 0 Å². The third-order valence-corrected chi connectivity index (χ3v) is 8.26. The number of thiophene rings is 1. The number of benzene rings is 4. The summed E-state index contributed by atoms with van der Waals surface area (Å²) < 4.78 is 4.87. The third-order valence-electron chi connectivity index (χ3n) is 7.14. The van der Waals surface area contributed by atoms with Crippen LogP contribution in [0.3, 0.4) is 0 Å². The summed E-state index contributed by atoms with van der Waals surface area (Å²) in [7, 11) is 0. The lowest BCUT2D eigenvalue weighted by Gasteiger charge is -2.23. The van der Waals surface area contributed by atoms with Crippen molar-refractivity contribution in [3.63, 3.8) is 0 Å². The molecule has 4 aromatic carbocycles. The maximum Gasteiger partial charge on any atom is 0.0992 e. The zero-order valence-electron chi connectivity index (χ0n) is 19.3. The molecule has 1 unspecified atom stereocenters. The molecule has 1 atom stereocenters. The molecule has 0 aliphatic heterocycles. The Bertz CT molecular complexity index is 1850. The van der Waals surface area contributed by atoms with Crippen molar-refractivity contribution in [2.45, 2.75) is 13.3 Å². The number of para-hydroxylation sites is 2. The number of nitriles is 1. The van der Waals surface area contributed by atoms with E-state index >= 15 is 0 Å². The van der Waals surface area contributed by atoms with Gasteiger partial charge in [0.1, 0.15) is 0 Å². The molecule has 0 spiro atoms. The first kappa shape index (κ1) is 20.3. The fourth-order valence-electron chi connectivity index (χ4n) is 5.50. The molecule has 1 aliphatic carbocycles. The van der Waals surface area contributed by atoms with Crippen molar-refractivity contribution in [3.8, 4) is 6.07 Å². The summed E-state index contributed by atoms with van der Waals surface area (Å²) in [5.41, 5.74) is 6.98. The molecule has 0 saturated carbocycles. The molecule has 0 saturated heterocycles. The van der Waals surface area contributed by atoms with Crippen LogP contribution < -0.4 is 0 Å². The molecule has 2 aromatic heterocycles. The maximum atomic E-state index is 9.32.